The van der Waals surface area contributed by atoms with Crippen molar-refractivity contribution >= 4 is 23.4 Å². The van der Waals surface area contributed by atoms with Crippen molar-refractivity contribution in [1.29, 1.82) is 0 Å². The van der Waals surface area contributed by atoms with Gasteiger partial charge in [-0.15, -0.1) is 16.8 Å². The molecule has 1 saturated heterocycles. The Hall–Kier alpha value is -3.26. The summed E-state index contributed by atoms with van der Waals surface area (Å²) in [6.45, 7) is 7.83. The number of thioether (sulfide) groups is 1. The zero-order valence-corrected chi connectivity index (χ0v) is 18.8. The van der Waals surface area contributed by atoms with Crippen LogP contribution in [-0.4, -0.2) is 57.5 Å². The molecular formula is C24H27N5O2S. The molecule has 2 heterocycles. The van der Waals surface area contributed by atoms with Crippen molar-refractivity contribution in [3.8, 4) is 5.75 Å². The Morgan fingerprint density at radius 3 is 2.38 bits per heavy atom. The molecule has 0 bridgehead atoms. The Bertz CT molecular complexity index is 1020. The summed E-state index contributed by atoms with van der Waals surface area (Å²) in [6.07, 6.45) is 1.80. The molecule has 2 aromatic carbocycles. The van der Waals surface area contributed by atoms with Gasteiger partial charge < -0.3 is 14.5 Å². The average molecular weight is 450 g/mol. The maximum absolute atomic E-state index is 12.8. The Labute approximate surface area is 192 Å². The van der Waals surface area contributed by atoms with Crippen LogP contribution in [0, 0.1) is 0 Å². The van der Waals surface area contributed by atoms with E-state index in [4.69, 9.17) is 4.74 Å². The number of piperazine rings is 1. The Morgan fingerprint density at radius 2 is 1.69 bits per heavy atom. The van der Waals surface area contributed by atoms with Gasteiger partial charge in [-0.25, -0.2) is 0 Å². The second kappa shape index (κ2) is 10.9. The van der Waals surface area contributed by atoms with Crippen molar-refractivity contribution in [2.45, 2.75) is 18.3 Å². The van der Waals surface area contributed by atoms with Gasteiger partial charge in [0.15, 0.2) is 11.0 Å². The first kappa shape index (κ1) is 22.0. The number of benzene rings is 2. The summed E-state index contributed by atoms with van der Waals surface area (Å²) in [5.74, 6) is 1.94. The molecule has 1 fully saturated rings. The number of rotatable bonds is 9. The van der Waals surface area contributed by atoms with Gasteiger partial charge in [-0.1, -0.05) is 54.2 Å². The number of anilines is 1. The van der Waals surface area contributed by atoms with Crippen LogP contribution in [0.3, 0.4) is 0 Å². The van der Waals surface area contributed by atoms with E-state index in [2.05, 4.69) is 33.8 Å². The SMILES string of the molecule is C=CCn1c(COc2ccccc2)nnc1SCC(=O)N1CCN(c2ccccc2)CC1. The summed E-state index contributed by atoms with van der Waals surface area (Å²) < 4.78 is 7.76. The maximum Gasteiger partial charge on any atom is 0.233 e. The minimum absolute atomic E-state index is 0.123. The van der Waals surface area contributed by atoms with Crippen LogP contribution in [-0.2, 0) is 17.9 Å². The fourth-order valence-electron chi connectivity index (χ4n) is 3.58. The molecule has 0 unspecified atom stereocenters. The van der Waals surface area contributed by atoms with Crippen LogP contribution in [0.5, 0.6) is 5.75 Å². The number of carbonyl (C=O) groups excluding carboxylic acids is 1. The van der Waals surface area contributed by atoms with Gasteiger partial charge in [-0.2, -0.15) is 0 Å². The van der Waals surface area contributed by atoms with Crippen molar-refractivity contribution in [3.05, 3.63) is 79.1 Å². The zero-order valence-electron chi connectivity index (χ0n) is 18.0. The van der Waals surface area contributed by atoms with Gasteiger partial charge in [0.2, 0.25) is 5.91 Å². The summed E-state index contributed by atoms with van der Waals surface area (Å²) in [5, 5.41) is 9.26. The standard InChI is InChI=1S/C24H27N5O2S/c1-2-13-29-22(18-31-21-11-7-4-8-12-21)25-26-24(29)32-19-23(30)28-16-14-27(15-17-28)20-9-5-3-6-10-20/h2-12H,1,13-19H2. The second-order valence-corrected chi connectivity index (χ2v) is 8.33. The Kier molecular flexibility index (Phi) is 7.45. The first-order valence-corrected chi connectivity index (χ1v) is 11.6. The Morgan fingerprint density at radius 1 is 1.00 bits per heavy atom. The van der Waals surface area contributed by atoms with Crippen LogP contribution in [0.25, 0.3) is 0 Å². The number of aromatic nitrogens is 3. The molecule has 7 nitrogen and oxygen atoms in total. The van der Waals surface area contributed by atoms with Crippen LogP contribution >= 0.6 is 11.8 Å². The molecule has 0 N–H and O–H groups in total. The van der Waals surface area contributed by atoms with E-state index in [1.54, 1.807) is 6.08 Å². The van der Waals surface area contributed by atoms with Gasteiger partial charge in [0.25, 0.3) is 0 Å². The van der Waals surface area contributed by atoms with E-state index in [0.29, 0.717) is 29.9 Å². The van der Waals surface area contributed by atoms with E-state index >= 15 is 0 Å². The lowest BCUT2D eigenvalue weighted by molar-refractivity contribution is -0.128. The van der Waals surface area contributed by atoms with E-state index in [0.717, 1.165) is 31.9 Å². The quantitative estimate of drug-likeness (QED) is 0.368. The summed E-state index contributed by atoms with van der Waals surface area (Å²) in [4.78, 5) is 17.0. The van der Waals surface area contributed by atoms with Crippen LogP contribution in [0.4, 0.5) is 5.69 Å². The van der Waals surface area contributed by atoms with Gasteiger partial charge in [-0.3, -0.25) is 9.36 Å². The molecule has 1 aliphatic rings. The third-order valence-electron chi connectivity index (χ3n) is 5.29. The number of ether oxygens (including phenoxy) is 1. The van der Waals surface area contributed by atoms with E-state index in [1.165, 1.54) is 17.4 Å². The highest BCUT2D eigenvalue weighted by atomic mass is 32.2. The summed E-state index contributed by atoms with van der Waals surface area (Å²) >= 11 is 1.41. The molecule has 0 saturated carbocycles. The summed E-state index contributed by atoms with van der Waals surface area (Å²) in [6, 6.07) is 19.9. The number of allylic oxidation sites excluding steroid dienone is 1. The molecular weight excluding hydrogens is 422 g/mol. The van der Waals surface area contributed by atoms with E-state index in [-0.39, 0.29) is 5.91 Å². The van der Waals surface area contributed by atoms with Crippen LogP contribution < -0.4 is 9.64 Å². The lowest BCUT2D eigenvalue weighted by Gasteiger charge is -2.36. The minimum atomic E-state index is 0.123. The van der Waals surface area contributed by atoms with Crippen LogP contribution in [0.15, 0.2) is 78.5 Å². The highest BCUT2D eigenvalue weighted by Crippen LogP contribution is 2.21. The number of hydrogen-bond donors (Lipinski definition) is 0. The molecule has 32 heavy (non-hydrogen) atoms. The van der Waals surface area contributed by atoms with E-state index in [9.17, 15) is 4.79 Å². The largest absolute Gasteiger partial charge is 0.486 e. The van der Waals surface area contributed by atoms with Gasteiger partial charge >= 0.3 is 0 Å². The fourth-order valence-corrected chi connectivity index (χ4v) is 4.45. The molecule has 1 aliphatic heterocycles. The van der Waals surface area contributed by atoms with E-state index < -0.39 is 0 Å². The summed E-state index contributed by atoms with van der Waals surface area (Å²) in [7, 11) is 0. The van der Waals surface area contributed by atoms with Crippen molar-refractivity contribution < 1.29 is 9.53 Å². The number of carbonyl (C=O) groups is 1. The smallest absolute Gasteiger partial charge is 0.233 e. The monoisotopic (exact) mass is 449 g/mol. The lowest BCUT2D eigenvalue weighted by atomic mass is 10.2. The molecule has 0 spiro atoms. The number of nitrogens with zero attached hydrogens (tertiary/aromatic N) is 5. The molecule has 8 heteroatoms. The zero-order chi connectivity index (χ0) is 22.2. The highest BCUT2D eigenvalue weighted by molar-refractivity contribution is 7.99. The van der Waals surface area contributed by atoms with Gasteiger partial charge in [-0.05, 0) is 24.3 Å². The number of para-hydroxylation sites is 2. The number of hydrogen-bond acceptors (Lipinski definition) is 6. The predicted molar refractivity (Wildman–Crippen MR) is 127 cm³/mol. The van der Waals surface area contributed by atoms with Crippen molar-refractivity contribution in [3.63, 3.8) is 0 Å². The topological polar surface area (TPSA) is 63.5 Å². The molecule has 166 valence electrons. The molecule has 0 aliphatic carbocycles. The molecule has 3 aromatic rings. The summed E-state index contributed by atoms with van der Waals surface area (Å²) in [5.41, 5.74) is 1.21. The molecule has 0 radical (unpaired) electrons. The maximum atomic E-state index is 12.8. The van der Waals surface area contributed by atoms with Crippen LogP contribution in [0.1, 0.15) is 5.82 Å². The van der Waals surface area contributed by atoms with Gasteiger partial charge in [0, 0.05) is 38.4 Å². The Balaban J connectivity index is 1.30. The second-order valence-electron chi connectivity index (χ2n) is 7.39. The van der Waals surface area contributed by atoms with Crippen LogP contribution in [0.2, 0.25) is 0 Å². The van der Waals surface area contributed by atoms with E-state index in [1.807, 2.05) is 58.0 Å². The van der Waals surface area contributed by atoms with Gasteiger partial charge in [0.1, 0.15) is 12.4 Å². The molecule has 1 aromatic heterocycles. The van der Waals surface area contributed by atoms with Crippen molar-refractivity contribution in [2.75, 3.05) is 36.8 Å². The van der Waals surface area contributed by atoms with Crippen molar-refractivity contribution in [1.82, 2.24) is 19.7 Å². The minimum Gasteiger partial charge on any atom is -0.486 e. The third-order valence-corrected chi connectivity index (χ3v) is 6.25. The fraction of sp³-hybridized carbons (Fsp3) is 0.292. The average Bonchev–Trinajstić information content (AvgIpc) is 3.24. The molecule has 0 atom stereocenters. The predicted octanol–water partition coefficient (Wildman–Crippen LogP) is 3.48. The highest BCUT2D eigenvalue weighted by Gasteiger charge is 2.22. The third kappa shape index (κ3) is 5.50. The lowest BCUT2D eigenvalue weighted by Crippen LogP contribution is -2.49. The first-order valence-electron chi connectivity index (χ1n) is 10.7. The molecule has 4 rings (SSSR count). The van der Waals surface area contributed by atoms with Gasteiger partial charge in [0.05, 0.1) is 5.75 Å². The molecule has 1 amide bonds. The number of amides is 1. The van der Waals surface area contributed by atoms with Crippen molar-refractivity contribution in [2.24, 2.45) is 0 Å². The first-order chi connectivity index (χ1) is 15.7. The normalized spacial score (nSPS) is 13.8.